The highest BCUT2D eigenvalue weighted by Gasteiger charge is 2.17. The van der Waals surface area contributed by atoms with Crippen LogP contribution in [0.2, 0.25) is 5.02 Å². The fraction of sp³-hybridized carbons (Fsp3) is 0.500. The summed E-state index contributed by atoms with van der Waals surface area (Å²) >= 11 is 6.20. The van der Waals surface area contributed by atoms with Crippen molar-refractivity contribution in [3.05, 3.63) is 34.3 Å². The van der Waals surface area contributed by atoms with E-state index in [1.807, 2.05) is 6.07 Å². The van der Waals surface area contributed by atoms with Crippen molar-refractivity contribution in [1.29, 1.82) is 0 Å². The molecule has 1 N–H and O–H groups in total. The van der Waals surface area contributed by atoms with Gasteiger partial charge in [-0.05, 0) is 43.9 Å². The molecule has 1 fully saturated rings. The van der Waals surface area contributed by atoms with Gasteiger partial charge in [0.25, 0.3) is 0 Å². The molecule has 0 saturated carbocycles. The van der Waals surface area contributed by atoms with Crippen LogP contribution in [0.25, 0.3) is 0 Å². The average molecular weight is 210 g/mol. The Balaban J connectivity index is 2.24. The van der Waals surface area contributed by atoms with Crippen molar-refractivity contribution in [2.24, 2.45) is 0 Å². The summed E-state index contributed by atoms with van der Waals surface area (Å²) in [6, 6.07) is 6.31. The maximum absolute atomic E-state index is 6.20. The summed E-state index contributed by atoms with van der Waals surface area (Å²) in [5, 5.41) is 4.34. The topological polar surface area (TPSA) is 12.0 Å². The van der Waals surface area contributed by atoms with Crippen molar-refractivity contribution >= 4 is 11.6 Å². The van der Waals surface area contributed by atoms with E-state index in [4.69, 9.17) is 11.6 Å². The van der Waals surface area contributed by atoms with Gasteiger partial charge in [-0.25, -0.2) is 0 Å². The predicted molar refractivity (Wildman–Crippen MR) is 61.0 cm³/mol. The highest BCUT2D eigenvalue weighted by atomic mass is 35.5. The molecule has 0 aliphatic carbocycles. The lowest BCUT2D eigenvalue weighted by molar-refractivity contribution is 0.461. The highest BCUT2D eigenvalue weighted by molar-refractivity contribution is 6.31. The zero-order chi connectivity index (χ0) is 9.97. The minimum Gasteiger partial charge on any atom is -0.316 e. The first kappa shape index (κ1) is 10.0. The van der Waals surface area contributed by atoms with E-state index in [1.54, 1.807) is 0 Å². The number of aryl methyl sites for hydroxylation is 1. The Hall–Kier alpha value is -0.530. The van der Waals surface area contributed by atoms with E-state index in [-0.39, 0.29) is 0 Å². The Kier molecular flexibility index (Phi) is 3.09. The van der Waals surface area contributed by atoms with Crippen molar-refractivity contribution in [3.63, 3.8) is 0 Å². The van der Waals surface area contributed by atoms with Crippen molar-refractivity contribution in [1.82, 2.24) is 5.32 Å². The molecule has 0 aromatic heterocycles. The molecule has 1 saturated heterocycles. The molecule has 2 rings (SSSR count). The summed E-state index contributed by atoms with van der Waals surface area (Å²) in [6.07, 6.45) is 2.52. The van der Waals surface area contributed by atoms with Crippen molar-refractivity contribution in [3.8, 4) is 0 Å². The Morgan fingerprint density at radius 3 is 3.00 bits per heavy atom. The average Bonchev–Trinajstić information content (AvgIpc) is 2.23. The zero-order valence-electron chi connectivity index (χ0n) is 8.52. The zero-order valence-corrected chi connectivity index (χ0v) is 9.27. The minimum absolute atomic E-state index is 0.608. The lowest BCUT2D eigenvalue weighted by Gasteiger charge is -2.24. The van der Waals surface area contributed by atoms with E-state index in [9.17, 15) is 0 Å². The van der Waals surface area contributed by atoms with Gasteiger partial charge in [0.1, 0.15) is 0 Å². The molecule has 1 aliphatic heterocycles. The maximum atomic E-state index is 6.20. The number of benzene rings is 1. The van der Waals surface area contributed by atoms with E-state index in [2.05, 4.69) is 24.4 Å². The van der Waals surface area contributed by atoms with Crippen LogP contribution < -0.4 is 5.32 Å². The third-order valence-electron chi connectivity index (χ3n) is 2.89. The fourth-order valence-corrected chi connectivity index (χ4v) is 2.37. The number of halogens is 1. The molecule has 0 amide bonds. The van der Waals surface area contributed by atoms with Gasteiger partial charge < -0.3 is 5.32 Å². The van der Waals surface area contributed by atoms with Crippen LogP contribution in [0, 0.1) is 6.92 Å². The molecule has 14 heavy (non-hydrogen) atoms. The molecule has 0 spiro atoms. The maximum Gasteiger partial charge on any atom is 0.0441 e. The van der Waals surface area contributed by atoms with Crippen LogP contribution >= 0.6 is 11.6 Å². The van der Waals surface area contributed by atoms with E-state index < -0.39 is 0 Å². The number of rotatable bonds is 1. The molecule has 1 heterocycles. The molecule has 1 unspecified atom stereocenters. The molecule has 1 aliphatic rings. The van der Waals surface area contributed by atoms with Crippen LogP contribution in [0.1, 0.15) is 29.9 Å². The van der Waals surface area contributed by atoms with Crippen LogP contribution in [-0.2, 0) is 0 Å². The molecule has 0 bridgehead atoms. The van der Waals surface area contributed by atoms with Crippen LogP contribution in [0.3, 0.4) is 0 Å². The summed E-state index contributed by atoms with van der Waals surface area (Å²) in [5.74, 6) is 0.608. The van der Waals surface area contributed by atoms with Gasteiger partial charge >= 0.3 is 0 Å². The van der Waals surface area contributed by atoms with Gasteiger partial charge in [-0.2, -0.15) is 0 Å². The molecule has 76 valence electrons. The van der Waals surface area contributed by atoms with E-state index in [0.29, 0.717) is 5.92 Å². The first-order valence-electron chi connectivity index (χ1n) is 5.24. The van der Waals surface area contributed by atoms with Gasteiger partial charge in [-0.3, -0.25) is 0 Å². The van der Waals surface area contributed by atoms with Crippen LogP contribution in [-0.4, -0.2) is 13.1 Å². The lowest BCUT2D eigenvalue weighted by atomic mass is 9.91. The normalized spacial score (nSPS) is 22.3. The molecular formula is C12H16ClN. The lowest BCUT2D eigenvalue weighted by Crippen LogP contribution is -2.28. The Morgan fingerprint density at radius 2 is 2.29 bits per heavy atom. The van der Waals surface area contributed by atoms with Crippen molar-refractivity contribution < 1.29 is 0 Å². The second-order valence-electron chi connectivity index (χ2n) is 4.07. The second kappa shape index (κ2) is 4.33. The summed E-state index contributed by atoms with van der Waals surface area (Å²) in [4.78, 5) is 0. The van der Waals surface area contributed by atoms with E-state index in [1.165, 1.54) is 24.0 Å². The first-order chi connectivity index (χ1) is 6.77. The van der Waals surface area contributed by atoms with E-state index >= 15 is 0 Å². The predicted octanol–water partition coefficient (Wildman–Crippen LogP) is 3.12. The van der Waals surface area contributed by atoms with Gasteiger partial charge in [-0.1, -0.05) is 29.3 Å². The van der Waals surface area contributed by atoms with Crippen molar-refractivity contribution in [2.75, 3.05) is 13.1 Å². The molecule has 2 heteroatoms. The number of nitrogens with one attached hydrogen (secondary N) is 1. The third kappa shape index (κ3) is 2.10. The monoisotopic (exact) mass is 209 g/mol. The van der Waals surface area contributed by atoms with Gasteiger partial charge in [0, 0.05) is 11.6 Å². The largest absolute Gasteiger partial charge is 0.316 e. The van der Waals surface area contributed by atoms with Crippen LogP contribution in [0.15, 0.2) is 18.2 Å². The summed E-state index contributed by atoms with van der Waals surface area (Å²) in [5.41, 5.74) is 2.62. The van der Waals surface area contributed by atoms with Gasteiger partial charge in [0.15, 0.2) is 0 Å². The summed E-state index contributed by atoms with van der Waals surface area (Å²) < 4.78 is 0. The van der Waals surface area contributed by atoms with Crippen LogP contribution in [0.5, 0.6) is 0 Å². The van der Waals surface area contributed by atoms with Crippen LogP contribution in [0.4, 0.5) is 0 Å². The molecule has 1 aromatic carbocycles. The van der Waals surface area contributed by atoms with Crippen molar-refractivity contribution in [2.45, 2.75) is 25.7 Å². The number of piperidine rings is 1. The molecule has 1 atom stereocenters. The SMILES string of the molecule is Cc1ccc(Cl)c(C2CCCNC2)c1. The molecular weight excluding hydrogens is 194 g/mol. The number of hydrogen-bond donors (Lipinski definition) is 1. The first-order valence-corrected chi connectivity index (χ1v) is 5.62. The molecule has 1 nitrogen and oxygen atoms in total. The summed E-state index contributed by atoms with van der Waals surface area (Å²) in [7, 11) is 0. The fourth-order valence-electron chi connectivity index (χ4n) is 2.09. The van der Waals surface area contributed by atoms with Gasteiger partial charge in [0.05, 0.1) is 0 Å². The number of hydrogen-bond acceptors (Lipinski definition) is 1. The highest BCUT2D eigenvalue weighted by Crippen LogP contribution is 2.29. The molecule has 0 radical (unpaired) electrons. The van der Waals surface area contributed by atoms with Gasteiger partial charge in [-0.15, -0.1) is 0 Å². The minimum atomic E-state index is 0.608. The second-order valence-corrected chi connectivity index (χ2v) is 4.48. The Morgan fingerprint density at radius 1 is 1.43 bits per heavy atom. The Bertz CT molecular complexity index is 316. The Labute approximate surface area is 90.5 Å². The van der Waals surface area contributed by atoms with E-state index in [0.717, 1.165) is 18.1 Å². The smallest absolute Gasteiger partial charge is 0.0441 e. The molecule has 1 aromatic rings. The van der Waals surface area contributed by atoms with Gasteiger partial charge in [0.2, 0.25) is 0 Å². The quantitative estimate of drug-likeness (QED) is 0.750. The third-order valence-corrected chi connectivity index (χ3v) is 3.23. The standard InChI is InChI=1S/C12H16ClN/c1-9-4-5-12(13)11(7-9)10-3-2-6-14-8-10/h4-5,7,10,14H,2-3,6,8H2,1H3. The summed E-state index contributed by atoms with van der Waals surface area (Å²) in [6.45, 7) is 4.35.